The quantitative estimate of drug-likeness (QED) is 0.660. The first-order chi connectivity index (χ1) is 13.4. The first-order valence-electron chi connectivity index (χ1n) is 8.62. The van der Waals surface area contributed by atoms with Gasteiger partial charge in [0.25, 0.3) is 5.91 Å². The fourth-order valence-corrected chi connectivity index (χ4v) is 2.41. The topological polar surface area (TPSA) is 93.7 Å². The van der Waals surface area contributed by atoms with Crippen LogP contribution in [0.3, 0.4) is 0 Å². The van der Waals surface area contributed by atoms with Crippen molar-refractivity contribution in [3.8, 4) is 5.75 Å². The highest BCUT2D eigenvalue weighted by atomic mass is 35.5. The molecular weight excluding hydrogens is 384 g/mol. The predicted octanol–water partition coefficient (Wildman–Crippen LogP) is 2.96. The third kappa shape index (κ3) is 6.28. The number of benzene rings is 2. The minimum atomic E-state index is -0.641. The minimum absolute atomic E-state index is 0.259. The number of anilines is 1. The van der Waals surface area contributed by atoms with E-state index in [0.29, 0.717) is 28.6 Å². The molecule has 0 heterocycles. The standard InChI is InChI=1S/C20H21ClN2O5/c1-3-27-15-9-7-14(8-10-15)20(26)28-12-19(25)22-11-18(24)23-17-6-4-5-16(21)13(17)2/h4-10H,3,11-12H2,1-2H3,(H,22,25)(H,23,24). The first kappa shape index (κ1) is 21.2. The van der Waals surface area contributed by atoms with Crippen molar-refractivity contribution in [2.24, 2.45) is 0 Å². The lowest BCUT2D eigenvalue weighted by Crippen LogP contribution is -2.35. The van der Waals surface area contributed by atoms with Crippen LogP contribution in [-0.2, 0) is 14.3 Å². The number of ether oxygens (including phenoxy) is 2. The van der Waals surface area contributed by atoms with E-state index in [9.17, 15) is 14.4 Å². The van der Waals surface area contributed by atoms with Gasteiger partial charge in [0.15, 0.2) is 6.61 Å². The summed E-state index contributed by atoms with van der Waals surface area (Å²) in [6, 6.07) is 11.5. The van der Waals surface area contributed by atoms with Gasteiger partial charge in [-0.3, -0.25) is 9.59 Å². The van der Waals surface area contributed by atoms with Gasteiger partial charge in [0, 0.05) is 10.7 Å². The zero-order valence-electron chi connectivity index (χ0n) is 15.6. The van der Waals surface area contributed by atoms with E-state index in [1.165, 1.54) is 0 Å². The number of halogens is 1. The van der Waals surface area contributed by atoms with Crippen LogP contribution in [0.4, 0.5) is 5.69 Å². The number of esters is 1. The second-order valence-electron chi connectivity index (χ2n) is 5.77. The molecule has 2 aromatic rings. The maximum atomic E-state index is 11.9. The van der Waals surface area contributed by atoms with Crippen molar-refractivity contribution in [3.05, 3.63) is 58.6 Å². The Morgan fingerprint density at radius 1 is 1.04 bits per heavy atom. The fourth-order valence-electron chi connectivity index (χ4n) is 2.24. The molecule has 0 radical (unpaired) electrons. The maximum absolute atomic E-state index is 11.9. The zero-order chi connectivity index (χ0) is 20.5. The van der Waals surface area contributed by atoms with Crippen molar-refractivity contribution < 1.29 is 23.9 Å². The summed E-state index contributed by atoms with van der Waals surface area (Å²) in [6.45, 7) is 3.41. The van der Waals surface area contributed by atoms with Crippen molar-refractivity contribution in [1.29, 1.82) is 0 Å². The summed E-state index contributed by atoms with van der Waals surface area (Å²) in [4.78, 5) is 35.7. The molecule has 2 N–H and O–H groups in total. The Balaban J connectivity index is 1.75. The number of nitrogens with one attached hydrogen (secondary N) is 2. The molecule has 0 fully saturated rings. The van der Waals surface area contributed by atoms with E-state index in [-0.39, 0.29) is 6.54 Å². The van der Waals surface area contributed by atoms with Crippen molar-refractivity contribution >= 4 is 35.1 Å². The Labute approximate surface area is 168 Å². The lowest BCUT2D eigenvalue weighted by atomic mass is 10.2. The molecule has 2 rings (SSSR count). The SMILES string of the molecule is CCOc1ccc(C(=O)OCC(=O)NCC(=O)Nc2cccc(Cl)c2C)cc1. The van der Waals surface area contributed by atoms with Gasteiger partial charge in [0.1, 0.15) is 5.75 Å². The van der Waals surface area contributed by atoms with Crippen LogP contribution in [0.25, 0.3) is 0 Å². The fraction of sp³-hybridized carbons (Fsp3) is 0.250. The molecule has 0 spiro atoms. The number of hydrogen-bond donors (Lipinski definition) is 2. The van der Waals surface area contributed by atoms with Gasteiger partial charge < -0.3 is 20.1 Å². The van der Waals surface area contributed by atoms with Crippen LogP contribution < -0.4 is 15.4 Å². The lowest BCUT2D eigenvalue weighted by molar-refractivity contribution is -0.126. The van der Waals surface area contributed by atoms with Crippen LogP contribution in [0.5, 0.6) is 5.75 Å². The van der Waals surface area contributed by atoms with Gasteiger partial charge in [-0.1, -0.05) is 17.7 Å². The third-order valence-electron chi connectivity index (χ3n) is 3.72. The summed E-state index contributed by atoms with van der Waals surface area (Å²) in [5, 5.41) is 5.57. The van der Waals surface area contributed by atoms with Gasteiger partial charge in [0.2, 0.25) is 5.91 Å². The highest BCUT2D eigenvalue weighted by molar-refractivity contribution is 6.31. The number of hydrogen-bond acceptors (Lipinski definition) is 5. The molecule has 8 heteroatoms. The van der Waals surface area contributed by atoms with Crippen LogP contribution in [-0.4, -0.2) is 37.5 Å². The van der Waals surface area contributed by atoms with E-state index >= 15 is 0 Å². The van der Waals surface area contributed by atoms with Crippen molar-refractivity contribution in [1.82, 2.24) is 5.32 Å². The predicted molar refractivity (Wildman–Crippen MR) is 106 cm³/mol. The van der Waals surface area contributed by atoms with Gasteiger partial charge in [0.05, 0.1) is 18.7 Å². The Morgan fingerprint density at radius 3 is 2.43 bits per heavy atom. The number of carbonyl (C=O) groups excluding carboxylic acids is 3. The molecule has 0 aliphatic rings. The van der Waals surface area contributed by atoms with E-state index in [1.807, 2.05) is 6.92 Å². The van der Waals surface area contributed by atoms with E-state index in [0.717, 1.165) is 5.56 Å². The Bertz CT molecular complexity index is 852. The third-order valence-corrected chi connectivity index (χ3v) is 4.13. The molecule has 0 saturated carbocycles. The summed E-state index contributed by atoms with van der Waals surface area (Å²) in [5.74, 6) is -1.01. The molecular formula is C20H21ClN2O5. The minimum Gasteiger partial charge on any atom is -0.494 e. The van der Waals surface area contributed by atoms with Crippen LogP contribution in [0.2, 0.25) is 5.02 Å². The molecule has 2 aromatic carbocycles. The van der Waals surface area contributed by atoms with E-state index in [1.54, 1.807) is 49.4 Å². The number of amides is 2. The molecule has 28 heavy (non-hydrogen) atoms. The van der Waals surface area contributed by atoms with E-state index in [4.69, 9.17) is 21.1 Å². The van der Waals surface area contributed by atoms with Gasteiger partial charge in [-0.05, 0) is 55.8 Å². The maximum Gasteiger partial charge on any atom is 0.338 e. The van der Waals surface area contributed by atoms with Crippen molar-refractivity contribution in [2.45, 2.75) is 13.8 Å². The second-order valence-corrected chi connectivity index (χ2v) is 6.18. The Morgan fingerprint density at radius 2 is 1.75 bits per heavy atom. The van der Waals surface area contributed by atoms with Crippen molar-refractivity contribution in [2.75, 3.05) is 25.1 Å². The zero-order valence-corrected chi connectivity index (χ0v) is 16.3. The molecule has 148 valence electrons. The van der Waals surface area contributed by atoms with Gasteiger partial charge in [-0.2, -0.15) is 0 Å². The van der Waals surface area contributed by atoms with Crippen LogP contribution in [0.1, 0.15) is 22.8 Å². The second kappa shape index (κ2) is 10.3. The molecule has 0 aliphatic heterocycles. The molecule has 0 atom stereocenters. The Kier molecular flexibility index (Phi) is 7.83. The van der Waals surface area contributed by atoms with Crippen LogP contribution in [0.15, 0.2) is 42.5 Å². The average molecular weight is 405 g/mol. The summed E-state index contributed by atoms with van der Waals surface area (Å²) in [7, 11) is 0. The van der Waals surface area contributed by atoms with Gasteiger partial charge in [-0.15, -0.1) is 0 Å². The monoisotopic (exact) mass is 404 g/mol. The van der Waals surface area contributed by atoms with E-state index < -0.39 is 24.4 Å². The summed E-state index contributed by atoms with van der Waals surface area (Å²) in [6.07, 6.45) is 0. The normalized spacial score (nSPS) is 10.1. The van der Waals surface area contributed by atoms with Crippen LogP contribution >= 0.6 is 11.6 Å². The molecule has 0 saturated heterocycles. The number of rotatable bonds is 8. The Hall–Kier alpha value is -3.06. The first-order valence-corrected chi connectivity index (χ1v) is 9.00. The van der Waals surface area contributed by atoms with Gasteiger partial charge >= 0.3 is 5.97 Å². The van der Waals surface area contributed by atoms with E-state index in [2.05, 4.69) is 10.6 Å². The molecule has 0 unspecified atom stereocenters. The molecule has 2 amide bonds. The number of carbonyl (C=O) groups is 3. The lowest BCUT2D eigenvalue weighted by Gasteiger charge is -2.10. The molecule has 7 nitrogen and oxygen atoms in total. The summed E-state index contributed by atoms with van der Waals surface area (Å²) < 4.78 is 10.2. The van der Waals surface area contributed by atoms with Crippen molar-refractivity contribution in [3.63, 3.8) is 0 Å². The summed E-state index contributed by atoms with van der Waals surface area (Å²) >= 11 is 5.99. The summed E-state index contributed by atoms with van der Waals surface area (Å²) in [5.41, 5.74) is 1.59. The van der Waals surface area contributed by atoms with Crippen LogP contribution in [0, 0.1) is 6.92 Å². The highest BCUT2D eigenvalue weighted by Crippen LogP contribution is 2.22. The largest absolute Gasteiger partial charge is 0.494 e. The average Bonchev–Trinajstić information content (AvgIpc) is 2.69. The highest BCUT2D eigenvalue weighted by Gasteiger charge is 2.12. The van der Waals surface area contributed by atoms with Gasteiger partial charge in [-0.25, -0.2) is 4.79 Å². The molecule has 0 aliphatic carbocycles. The molecule has 0 bridgehead atoms. The molecule has 0 aromatic heterocycles. The smallest absolute Gasteiger partial charge is 0.338 e.